The van der Waals surface area contributed by atoms with Crippen LogP contribution in [0, 0.1) is 29.1 Å². The molecule has 38 heavy (non-hydrogen) atoms. The zero-order valence-corrected chi connectivity index (χ0v) is 24.5. The van der Waals surface area contributed by atoms with E-state index >= 15 is 0 Å². The zero-order valence-electron chi connectivity index (χ0n) is 24.5. The molecule has 0 bridgehead atoms. The van der Waals surface area contributed by atoms with Crippen LogP contribution in [0.15, 0.2) is 18.2 Å². The quantitative estimate of drug-likeness (QED) is 0.304. The van der Waals surface area contributed by atoms with E-state index in [4.69, 9.17) is 24.7 Å². The fourth-order valence-electron chi connectivity index (χ4n) is 2.86. The highest BCUT2D eigenvalue weighted by atomic mass is 16.6. The van der Waals surface area contributed by atoms with Gasteiger partial charge in [0.2, 0.25) is 0 Å². The molecule has 0 heterocycles. The molecule has 0 aromatic heterocycles. The summed E-state index contributed by atoms with van der Waals surface area (Å²) in [5.41, 5.74) is 5.99. The lowest BCUT2D eigenvalue weighted by Crippen LogP contribution is -2.37. The first kappa shape index (κ1) is 33.1. The Morgan fingerprint density at radius 3 is 1.76 bits per heavy atom. The molecule has 0 radical (unpaired) electrons. The number of hydrogen-bond donors (Lipinski definition) is 1. The molecule has 0 aliphatic heterocycles. The molecule has 1 aromatic rings. The van der Waals surface area contributed by atoms with Gasteiger partial charge in [-0.15, -0.1) is 0 Å². The van der Waals surface area contributed by atoms with E-state index in [0.717, 1.165) is 0 Å². The third-order valence-corrected chi connectivity index (χ3v) is 6.31. The van der Waals surface area contributed by atoms with E-state index in [1.807, 2.05) is 27.7 Å². The molecule has 214 valence electrons. The maximum absolute atomic E-state index is 12.7. The van der Waals surface area contributed by atoms with Crippen LogP contribution in [-0.2, 0) is 35.1 Å². The Hall–Kier alpha value is -2.94. The topological polar surface area (TPSA) is 131 Å². The van der Waals surface area contributed by atoms with Gasteiger partial charge in [-0.1, -0.05) is 47.6 Å². The van der Waals surface area contributed by atoms with Gasteiger partial charge in [-0.3, -0.25) is 19.2 Å². The predicted octanol–water partition coefficient (Wildman–Crippen LogP) is 4.47. The van der Waals surface area contributed by atoms with Crippen LogP contribution < -0.4 is 15.2 Å². The van der Waals surface area contributed by atoms with Gasteiger partial charge in [0, 0.05) is 0 Å². The summed E-state index contributed by atoms with van der Waals surface area (Å²) in [6, 6.07) is 3.68. The summed E-state index contributed by atoms with van der Waals surface area (Å²) < 4.78 is 21.7. The fourth-order valence-corrected chi connectivity index (χ4v) is 2.86. The third-order valence-electron chi connectivity index (χ3n) is 6.31. The standard InChI is InChI=1S/C29H45NO8/c1-16(2)19(6)25(31)37-23-12-11-21(14-24(23)38-26(32)20(7)17(3)4)13-22(30)27(33)36-18(5)15-35-28(34)29(8,9)10/h11-12,14,16-20,22H,13,15,30H2,1-10H3/t18-,19?,20?,22-/m0/s1. The molecule has 1 aromatic carbocycles. The van der Waals surface area contributed by atoms with Crippen LogP contribution in [0.25, 0.3) is 0 Å². The molecule has 0 amide bonds. The van der Waals surface area contributed by atoms with E-state index in [9.17, 15) is 19.2 Å². The summed E-state index contributed by atoms with van der Waals surface area (Å²) in [6.45, 7) is 17.9. The third kappa shape index (κ3) is 10.4. The van der Waals surface area contributed by atoms with Crippen molar-refractivity contribution < 1.29 is 38.1 Å². The van der Waals surface area contributed by atoms with E-state index in [1.165, 1.54) is 12.1 Å². The number of benzene rings is 1. The number of rotatable bonds is 12. The van der Waals surface area contributed by atoms with Crippen LogP contribution in [0.4, 0.5) is 0 Å². The van der Waals surface area contributed by atoms with Gasteiger partial charge < -0.3 is 24.7 Å². The van der Waals surface area contributed by atoms with Gasteiger partial charge in [0.05, 0.1) is 17.3 Å². The van der Waals surface area contributed by atoms with Crippen molar-refractivity contribution in [1.29, 1.82) is 0 Å². The Labute approximate surface area is 226 Å². The molecular formula is C29H45NO8. The van der Waals surface area contributed by atoms with Crippen molar-refractivity contribution in [3.63, 3.8) is 0 Å². The van der Waals surface area contributed by atoms with Crippen LogP contribution in [0.3, 0.4) is 0 Å². The summed E-state index contributed by atoms with van der Waals surface area (Å²) in [5.74, 6) is -2.42. The van der Waals surface area contributed by atoms with Crippen molar-refractivity contribution in [2.45, 2.75) is 87.8 Å². The molecule has 1 rings (SSSR count). The maximum Gasteiger partial charge on any atom is 0.323 e. The van der Waals surface area contributed by atoms with Crippen molar-refractivity contribution in [1.82, 2.24) is 0 Å². The second-order valence-corrected chi connectivity index (χ2v) is 11.6. The lowest BCUT2D eigenvalue weighted by Gasteiger charge is -2.21. The first-order valence-electron chi connectivity index (χ1n) is 13.1. The van der Waals surface area contributed by atoms with Gasteiger partial charge in [0.15, 0.2) is 11.5 Å². The van der Waals surface area contributed by atoms with Crippen molar-refractivity contribution in [2.24, 2.45) is 34.8 Å². The van der Waals surface area contributed by atoms with Crippen molar-refractivity contribution in [3.05, 3.63) is 23.8 Å². The number of esters is 4. The fraction of sp³-hybridized carbons (Fsp3) is 0.655. The highest BCUT2D eigenvalue weighted by Gasteiger charge is 2.27. The number of carbonyl (C=O) groups is 4. The molecule has 9 heteroatoms. The van der Waals surface area contributed by atoms with Crippen LogP contribution >= 0.6 is 0 Å². The van der Waals surface area contributed by atoms with E-state index < -0.39 is 41.4 Å². The minimum atomic E-state index is -1.02. The minimum Gasteiger partial charge on any atom is -0.461 e. The maximum atomic E-state index is 12.7. The van der Waals surface area contributed by atoms with E-state index in [2.05, 4.69) is 0 Å². The first-order chi connectivity index (χ1) is 17.4. The van der Waals surface area contributed by atoms with E-state index in [1.54, 1.807) is 47.6 Å². The first-order valence-corrected chi connectivity index (χ1v) is 13.1. The Balaban J connectivity index is 3.00. The SMILES string of the molecule is CC(C)C(C)C(=O)Oc1ccc(C[C@H](N)C(=O)O[C@@H](C)COC(=O)C(C)(C)C)cc1OC(=O)C(C)C(C)C. The summed E-state index contributed by atoms with van der Waals surface area (Å²) >= 11 is 0. The van der Waals surface area contributed by atoms with Crippen LogP contribution in [0.5, 0.6) is 11.5 Å². The molecule has 0 spiro atoms. The molecular weight excluding hydrogens is 490 g/mol. The summed E-state index contributed by atoms with van der Waals surface area (Å²) in [5, 5.41) is 0. The Morgan fingerprint density at radius 2 is 1.29 bits per heavy atom. The van der Waals surface area contributed by atoms with Gasteiger partial charge in [-0.2, -0.15) is 0 Å². The summed E-state index contributed by atoms with van der Waals surface area (Å²) in [7, 11) is 0. The van der Waals surface area contributed by atoms with E-state index in [0.29, 0.717) is 5.56 Å². The molecule has 0 saturated heterocycles. The second kappa shape index (κ2) is 14.3. The molecule has 0 fully saturated rings. The Bertz CT molecular complexity index is 979. The van der Waals surface area contributed by atoms with Crippen molar-refractivity contribution in [2.75, 3.05) is 6.61 Å². The average molecular weight is 536 g/mol. The second-order valence-electron chi connectivity index (χ2n) is 11.6. The normalized spacial score (nSPS) is 14.9. The van der Waals surface area contributed by atoms with Gasteiger partial charge in [-0.25, -0.2) is 0 Å². The largest absolute Gasteiger partial charge is 0.461 e. The highest BCUT2D eigenvalue weighted by Crippen LogP contribution is 2.31. The molecule has 4 atom stereocenters. The van der Waals surface area contributed by atoms with Crippen LogP contribution in [0.2, 0.25) is 0 Å². The van der Waals surface area contributed by atoms with Crippen LogP contribution in [-0.4, -0.2) is 42.6 Å². The van der Waals surface area contributed by atoms with Crippen LogP contribution in [0.1, 0.15) is 74.8 Å². The minimum absolute atomic E-state index is 0.0468. The average Bonchev–Trinajstić information content (AvgIpc) is 2.81. The lowest BCUT2D eigenvalue weighted by molar-refractivity contribution is -0.163. The predicted molar refractivity (Wildman–Crippen MR) is 143 cm³/mol. The van der Waals surface area contributed by atoms with Gasteiger partial charge >= 0.3 is 23.9 Å². The smallest absolute Gasteiger partial charge is 0.323 e. The Kier molecular flexibility index (Phi) is 12.4. The molecule has 9 nitrogen and oxygen atoms in total. The molecule has 2 N–H and O–H groups in total. The molecule has 2 unspecified atom stereocenters. The van der Waals surface area contributed by atoms with E-state index in [-0.39, 0.29) is 48.2 Å². The Morgan fingerprint density at radius 1 is 0.789 bits per heavy atom. The summed E-state index contributed by atoms with van der Waals surface area (Å²) in [6.07, 6.45) is -0.604. The lowest BCUT2D eigenvalue weighted by atomic mass is 9.97. The number of carbonyl (C=O) groups excluding carboxylic acids is 4. The van der Waals surface area contributed by atoms with Gasteiger partial charge in [0.25, 0.3) is 0 Å². The zero-order chi connectivity index (χ0) is 29.4. The number of nitrogens with two attached hydrogens (primary N) is 1. The van der Waals surface area contributed by atoms with Gasteiger partial charge in [-0.05, 0) is 63.6 Å². The van der Waals surface area contributed by atoms with Gasteiger partial charge in [0.1, 0.15) is 18.8 Å². The molecule has 0 aliphatic rings. The number of hydrogen-bond acceptors (Lipinski definition) is 9. The van der Waals surface area contributed by atoms with Crippen molar-refractivity contribution >= 4 is 23.9 Å². The summed E-state index contributed by atoms with van der Waals surface area (Å²) in [4.78, 5) is 49.7. The van der Waals surface area contributed by atoms with Crippen molar-refractivity contribution in [3.8, 4) is 11.5 Å². The highest BCUT2D eigenvalue weighted by molar-refractivity contribution is 5.79. The monoisotopic (exact) mass is 535 g/mol. The molecule has 0 saturated carbocycles. The molecule has 0 aliphatic carbocycles. The number of ether oxygens (including phenoxy) is 4.